The number of rotatable bonds is 6. The van der Waals surface area contributed by atoms with Crippen LogP contribution in [0.4, 0.5) is 10.1 Å². The van der Waals surface area contributed by atoms with E-state index < -0.39 is 15.8 Å². The van der Waals surface area contributed by atoms with Gasteiger partial charge in [-0.3, -0.25) is 4.79 Å². The Bertz CT molecular complexity index is 589. The van der Waals surface area contributed by atoms with Crippen molar-refractivity contribution in [3.8, 4) is 0 Å². The lowest BCUT2D eigenvalue weighted by Gasteiger charge is -2.10. The summed E-state index contributed by atoms with van der Waals surface area (Å²) >= 11 is 0. The lowest BCUT2D eigenvalue weighted by atomic mass is 10.2. The van der Waals surface area contributed by atoms with E-state index in [9.17, 15) is 17.6 Å². The van der Waals surface area contributed by atoms with E-state index in [0.717, 1.165) is 18.2 Å². The average molecular weight is 304 g/mol. The molecule has 6 nitrogen and oxygen atoms in total. The molecule has 0 aromatic heterocycles. The molecule has 20 heavy (non-hydrogen) atoms. The van der Waals surface area contributed by atoms with E-state index in [-0.39, 0.29) is 29.0 Å². The van der Waals surface area contributed by atoms with Gasteiger partial charge < -0.3 is 10.1 Å². The molecule has 1 aromatic carbocycles. The number of hydrogen-bond donors (Lipinski definition) is 2. The average Bonchev–Trinajstić information content (AvgIpc) is 2.37. The van der Waals surface area contributed by atoms with Gasteiger partial charge in [0.2, 0.25) is 15.9 Å². The van der Waals surface area contributed by atoms with Gasteiger partial charge >= 0.3 is 0 Å². The van der Waals surface area contributed by atoms with Crippen LogP contribution in [0.15, 0.2) is 23.1 Å². The topological polar surface area (TPSA) is 98.5 Å². The van der Waals surface area contributed by atoms with E-state index in [1.165, 1.54) is 7.11 Å². The zero-order chi connectivity index (χ0) is 15.3. The predicted octanol–water partition coefficient (Wildman–Crippen LogP) is 1.23. The third-order valence-corrected chi connectivity index (χ3v) is 3.63. The standard InChI is InChI=1S/C12H17FN2O4S/c1-8(19-2)3-6-12(16)15-11-5-4-9(7-10(11)13)20(14,17)18/h4-5,7-8H,3,6H2,1-2H3,(H,15,16)(H2,14,17,18). The largest absolute Gasteiger partial charge is 0.382 e. The second-order valence-corrected chi connectivity index (χ2v) is 5.88. The molecule has 8 heteroatoms. The number of nitrogens with two attached hydrogens (primary N) is 1. The summed E-state index contributed by atoms with van der Waals surface area (Å²) in [7, 11) is -2.43. The van der Waals surface area contributed by atoms with Gasteiger partial charge in [-0.1, -0.05) is 0 Å². The first kappa shape index (κ1) is 16.5. The first-order valence-corrected chi connectivity index (χ1v) is 7.43. The lowest BCUT2D eigenvalue weighted by Crippen LogP contribution is -2.17. The molecule has 1 aromatic rings. The van der Waals surface area contributed by atoms with Gasteiger partial charge in [0.15, 0.2) is 0 Å². The number of hydrogen-bond acceptors (Lipinski definition) is 4. The van der Waals surface area contributed by atoms with Crippen molar-refractivity contribution in [2.24, 2.45) is 5.14 Å². The van der Waals surface area contributed by atoms with Crippen molar-refractivity contribution in [2.45, 2.75) is 30.8 Å². The second kappa shape index (κ2) is 6.78. The summed E-state index contributed by atoms with van der Waals surface area (Å²) in [5.74, 6) is -1.24. The van der Waals surface area contributed by atoms with Crippen LogP contribution in [0, 0.1) is 5.82 Å². The van der Waals surface area contributed by atoms with Crippen LogP contribution in [-0.2, 0) is 19.6 Å². The Kier molecular flexibility index (Phi) is 5.61. The Morgan fingerprint density at radius 3 is 2.65 bits per heavy atom. The second-order valence-electron chi connectivity index (χ2n) is 4.32. The molecule has 0 spiro atoms. The van der Waals surface area contributed by atoms with Crippen molar-refractivity contribution in [1.29, 1.82) is 0 Å². The summed E-state index contributed by atoms with van der Waals surface area (Å²) in [6.45, 7) is 1.81. The molecule has 0 radical (unpaired) electrons. The highest BCUT2D eigenvalue weighted by Crippen LogP contribution is 2.18. The van der Waals surface area contributed by atoms with E-state index in [1.54, 1.807) is 0 Å². The van der Waals surface area contributed by atoms with E-state index >= 15 is 0 Å². The molecule has 112 valence electrons. The molecule has 0 fully saturated rings. The van der Waals surface area contributed by atoms with Crippen LogP contribution in [0.3, 0.4) is 0 Å². The molecule has 0 bridgehead atoms. The molecule has 0 heterocycles. The van der Waals surface area contributed by atoms with Crippen LogP contribution in [0.1, 0.15) is 19.8 Å². The van der Waals surface area contributed by atoms with Crippen LogP contribution in [0.5, 0.6) is 0 Å². The lowest BCUT2D eigenvalue weighted by molar-refractivity contribution is -0.116. The van der Waals surface area contributed by atoms with Crippen LogP contribution in [-0.4, -0.2) is 27.5 Å². The maximum absolute atomic E-state index is 13.6. The smallest absolute Gasteiger partial charge is 0.238 e. The summed E-state index contributed by atoms with van der Waals surface area (Å²) in [4.78, 5) is 11.2. The van der Waals surface area contributed by atoms with Crippen molar-refractivity contribution >= 4 is 21.6 Å². The molecular formula is C12H17FN2O4S. The number of methoxy groups -OCH3 is 1. The summed E-state index contributed by atoms with van der Waals surface area (Å²) in [6, 6.07) is 3.06. The van der Waals surface area contributed by atoms with E-state index in [0.29, 0.717) is 6.42 Å². The van der Waals surface area contributed by atoms with Gasteiger partial charge in [-0.05, 0) is 31.5 Å². The van der Waals surface area contributed by atoms with Gasteiger partial charge in [0, 0.05) is 13.5 Å². The molecule has 0 saturated heterocycles. The molecule has 0 aliphatic rings. The van der Waals surface area contributed by atoms with Crippen molar-refractivity contribution in [3.63, 3.8) is 0 Å². The number of carbonyl (C=O) groups excluding carboxylic acids is 1. The highest BCUT2D eigenvalue weighted by molar-refractivity contribution is 7.89. The normalized spacial score (nSPS) is 13.0. The van der Waals surface area contributed by atoms with Crippen molar-refractivity contribution in [3.05, 3.63) is 24.0 Å². The number of anilines is 1. The monoisotopic (exact) mass is 304 g/mol. The van der Waals surface area contributed by atoms with Gasteiger partial charge in [0.1, 0.15) is 5.82 Å². The first-order chi connectivity index (χ1) is 9.24. The minimum atomic E-state index is -3.96. The van der Waals surface area contributed by atoms with Crippen molar-refractivity contribution in [1.82, 2.24) is 0 Å². The Balaban J connectivity index is 2.72. The van der Waals surface area contributed by atoms with Crippen LogP contribution >= 0.6 is 0 Å². The van der Waals surface area contributed by atoms with Gasteiger partial charge in [0.25, 0.3) is 0 Å². The van der Waals surface area contributed by atoms with Gasteiger partial charge in [-0.15, -0.1) is 0 Å². The minimum absolute atomic E-state index is 0.0737. The molecule has 1 amide bonds. The molecule has 0 saturated carbocycles. The third kappa shape index (κ3) is 4.87. The Labute approximate surface area is 117 Å². The fraction of sp³-hybridized carbons (Fsp3) is 0.417. The molecule has 3 N–H and O–H groups in total. The molecule has 1 rings (SSSR count). The zero-order valence-corrected chi connectivity index (χ0v) is 12.0. The number of benzene rings is 1. The highest BCUT2D eigenvalue weighted by atomic mass is 32.2. The maximum Gasteiger partial charge on any atom is 0.238 e. The molecule has 1 unspecified atom stereocenters. The number of amides is 1. The van der Waals surface area contributed by atoms with Crippen molar-refractivity contribution < 1.29 is 22.3 Å². The Morgan fingerprint density at radius 2 is 2.15 bits per heavy atom. The van der Waals surface area contributed by atoms with Gasteiger partial charge in [-0.2, -0.15) is 0 Å². The van der Waals surface area contributed by atoms with Crippen molar-refractivity contribution in [2.75, 3.05) is 12.4 Å². The van der Waals surface area contributed by atoms with Crippen LogP contribution < -0.4 is 10.5 Å². The SMILES string of the molecule is COC(C)CCC(=O)Nc1ccc(S(N)(=O)=O)cc1F. The third-order valence-electron chi connectivity index (χ3n) is 2.72. The predicted molar refractivity (Wildman–Crippen MR) is 72.1 cm³/mol. The fourth-order valence-electron chi connectivity index (χ4n) is 1.44. The summed E-state index contributed by atoms with van der Waals surface area (Å²) < 4.78 is 40.7. The molecule has 0 aliphatic carbocycles. The number of ether oxygens (including phenoxy) is 1. The van der Waals surface area contributed by atoms with Gasteiger partial charge in [-0.25, -0.2) is 17.9 Å². The maximum atomic E-state index is 13.6. The molecule has 0 aliphatic heterocycles. The fourth-order valence-corrected chi connectivity index (χ4v) is 1.96. The number of halogens is 1. The van der Waals surface area contributed by atoms with Gasteiger partial charge in [0.05, 0.1) is 16.7 Å². The van der Waals surface area contributed by atoms with E-state index in [4.69, 9.17) is 9.88 Å². The molecular weight excluding hydrogens is 287 g/mol. The molecule has 1 atom stereocenters. The number of nitrogens with one attached hydrogen (secondary N) is 1. The summed E-state index contributed by atoms with van der Waals surface area (Å²) in [5, 5.41) is 7.24. The Morgan fingerprint density at radius 1 is 1.50 bits per heavy atom. The quantitative estimate of drug-likeness (QED) is 0.825. The summed E-state index contributed by atoms with van der Waals surface area (Å²) in [5.41, 5.74) is -0.0903. The summed E-state index contributed by atoms with van der Waals surface area (Å²) in [6.07, 6.45) is 0.597. The number of carbonyl (C=O) groups is 1. The van der Waals surface area contributed by atoms with E-state index in [1.807, 2.05) is 6.92 Å². The van der Waals surface area contributed by atoms with Crippen LogP contribution in [0.25, 0.3) is 0 Å². The number of primary sulfonamides is 1. The highest BCUT2D eigenvalue weighted by Gasteiger charge is 2.13. The Hall–Kier alpha value is -1.51. The van der Waals surface area contributed by atoms with E-state index in [2.05, 4.69) is 5.32 Å². The minimum Gasteiger partial charge on any atom is -0.382 e. The first-order valence-electron chi connectivity index (χ1n) is 5.89. The van der Waals surface area contributed by atoms with Crippen LogP contribution in [0.2, 0.25) is 0 Å². The zero-order valence-electron chi connectivity index (χ0n) is 11.2. The number of sulfonamides is 1.